The van der Waals surface area contributed by atoms with Crippen LogP contribution in [0.5, 0.6) is 0 Å². The highest BCUT2D eigenvalue weighted by atomic mass is 15.4. The van der Waals surface area contributed by atoms with Gasteiger partial charge in [-0.2, -0.15) is 0 Å². The molecule has 0 radical (unpaired) electrons. The summed E-state index contributed by atoms with van der Waals surface area (Å²) in [5, 5.41) is 7.11. The summed E-state index contributed by atoms with van der Waals surface area (Å²) in [5.41, 5.74) is 18.1. The summed E-state index contributed by atoms with van der Waals surface area (Å²) in [6.45, 7) is 17.8. The Hall–Kier alpha value is -2.70. The number of nitrogens with one attached hydrogen (secondary N) is 2. The molecule has 3 rings (SSSR count). The van der Waals surface area contributed by atoms with Crippen molar-refractivity contribution in [2.45, 2.75) is 13.8 Å². The van der Waals surface area contributed by atoms with Crippen molar-refractivity contribution >= 4 is 22.7 Å². The topological polar surface area (TPSA) is 79.3 Å². The molecule has 6 heteroatoms. The Balaban J connectivity index is 1.44. The van der Waals surface area contributed by atoms with Crippen molar-refractivity contribution in [1.29, 1.82) is 0 Å². The third-order valence-corrected chi connectivity index (χ3v) is 6.51. The molecule has 0 aromatic heterocycles. The standard InChI is InChI=1S/C25H39N6/c1-4-14-31(15-10-29-23-6-8-25(27)21(3)19-23)16-12-30(13-17-31)11-9-28-22-5-7-24(26)20(2)18-22/h4-8,18-19,28-29H,1,9-17,26-27H2,2-3H3/q+1. The molecule has 0 atom stereocenters. The first kappa shape index (κ1) is 23.0. The molecule has 0 aliphatic carbocycles. The van der Waals surface area contributed by atoms with Crippen LogP contribution in [0.3, 0.4) is 0 Å². The summed E-state index contributed by atoms with van der Waals surface area (Å²) < 4.78 is 1.10. The largest absolute Gasteiger partial charge is 0.399 e. The minimum atomic E-state index is 0.845. The SMILES string of the molecule is C=CC[N+]1(CCNc2ccc(N)c(C)c2)CCN(CCNc2ccc(N)c(C)c2)CC1. The number of rotatable bonds is 10. The molecule has 6 N–H and O–H groups in total. The molecule has 168 valence electrons. The van der Waals surface area contributed by atoms with E-state index in [2.05, 4.69) is 59.4 Å². The number of anilines is 4. The van der Waals surface area contributed by atoms with E-state index in [-0.39, 0.29) is 0 Å². The number of nitrogens with two attached hydrogens (primary N) is 2. The maximum absolute atomic E-state index is 5.93. The van der Waals surface area contributed by atoms with Crippen LogP contribution in [0.4, 0.5) is 22.7 Å². The lowest BCUT2D eigenvalue weighted by atomic mass is 10.2. The van der Waals surface area contributed by atoms with Gasteiger partial charge in [0.1, 0.15) is 0 Å². The lowest BCUT2D eigenvalue weighted by molar-refractivity contribution is -0.925. The molecule has 0 spiro atoms. The van der Waals surface area contributed by atoms with E-state index in [9.17, 15) is 0 Å². The third-order valence-electron chi connectivity index (χ3n) is 6.51. The average molecular weight is 424 g/mol. The molecule has 0 bridgehead atoms. The molecule has 1 aliphatic rings. The lowest BCUT2D eigenvalue weighted by Crippen LogP contribution is -2.61. The summed E-state index contributed by atoms with van der Waals surface area (Å²) in [5.74, 6) is 0. The molecule has 2 aromatic rings. The van der Waals surface area contributed by atoms with Gasteiger partial charge in [0.25, 0.3) is 0 Å². The van der Waals surface area contributed by atoms with Crippen molar-refractivity contribution in [3.8, 4) is 0 Å². The van der Waals surface area contributed by atoms with Crippen LogP contribution in [0.2, 0.25) is 0 Å². The predicted molar refractivity (Wildman–Crippen MR) is 135 cm³/mol. The van der Waals surface area contributed by atoms with Gasteiger partial charge in [0, 0.05) is 48.9 Å². The van der Waals surface area contributed by atoms with Gasteiger partial charge in [-0.05, 0) is 67.4 Å². The number of benzene rings is 2. The van der Waals surface area contributed by atoms with Crippen LogP contribution in [-0.4, -0.2) is 68.3 Å². The van der Waals surface area contributed by atoms with Crippen LogP contribution in [0, 0.1) is 13.8 Å². The van der Waals surface area contributed by atoms with Crippen molar-refractivity contribution in [3.63, 3.8) is 0 Å². The number of aryl methyl sites for hydroxylation is 2. The van der Waals surface area contributed by atoms with E-state index in [0.717, 1.165) is 97.3 Å². The maximum Gasteiger partial charge on any atom is 0.0972 e. The third kappa shape index (κ3) is 6.39. The van der Waals surface area contributed by atoms with Gasteiger partial charge in [-0.3, -0.25) is 4.90 Å². The Morgan fingerprint density at radius 1 is 0.935 bits per heavy atom. The fourth-order valence-corrected chi connectivity index (χ4v) is 4.29. The minimum absolute atomic E-state index is 0.845. The number of piperazine rings is 1. The Morgan fingerprint density at radius 2 is 1.48 bits per heavy atom. The molecular weight excluding hydrogens is 384 g/mol. The molecule has 1 saturated heterocycles. The van der Waals surface area contributed by atoms with Crippen LogP contribution < -0.4 is 22.1 Å². The zero-order valence-electron chi connectivity index (χ0n) is 19.2. The zero-order chi connectivity index (χ0) is 22.3. The average Bonchev–Trinajstić information content (AvgIpc) is 2.75. The molecule has 0 saturated carbocycles. The second-order valence-electron chi connectivity index (χ2n) is 8.82. The maximum atomic E-state index is 5.93. The van der Waals surface area contributed by atoms with E-state index < -0.39 is 0 Å². The van der Waals surface area contributed by atoms with Crippen molar-refractivity contribution < 1.29 is 4.48 Å². The number of nitrogens with zero attached hydrogens (tertiary/aromatic N) is 2. The number of hydrogen-bond acceptors (Lipinski definition) is 5. The van der Waals surface area contributed by atoms with E-state index in [1.807, 2.05) is 19.1 Å². The first-order valence-electron chi connectivity index (χ1n) is 11.3. The van der Waals surface area contributed by atoms with Gasteiger partial charge in [0.15, 0.2) is 0 Å². The van der Waals surface area contributed by atoms with Gasteiger partial charge in [-0.25, -0.2) is 0 Å². The minimum Gasteiger partial charge on any atom is -0.399 e. The molecule has 0 unspecified atom stereocenters. The molecule has 0 amide bonds. The Morgan fingerprint density at radius 3 is 2.00 bits per heavy atom. The first-order chi connectivity index (χ1) is 14.9. The number of nitrogen functional groups attached to an aromatic ring is 2. The monoisotopic (exact) mass is 423 g/mol. The van der Waals surface area contributed by atoms with Gasteiger partial charge in [-0.15, -0.1) is 0 Å². The van der Waals surface area contributed by atoms with Crippen molar-refractivity contribution in [2.24, 2.45) is 0 Å². The molecule has 1 aliphatic heterocycles. The van der Waals surface area contributed by atoms with E-state index in [0.29, 0.717) is 0 Å². The van der Waals surface area contributed by atoms with E-state index in [1.54, 1.807) is 0 Å². The van der Waals surface area contributed by atoms with Crippen LogP contribution in [0.15, 0.2) is 49.1 Å². The van der Waals surface area contributed by atoms with Gasteiger partial charge < -0.3 is 26.6 Å². The highest BCUT2D eigenvalue weighted by molar-refractivity contribution is 5.57. The van der Waals surface area contributed by atoms with Gasteiger partial charge >= 0.3 is 0 Å². The molecule has 1 heterocycles. The van der Waals surface area contributed by atoms with Crippen molar-refractivity contribution in [2.75, 3.05) is 81.0 Å². The lowest BCUT2D eigenvalue weighted by Gasteiger charge is -2.44. The Labute approximate surface area is 187 Å². The summed E-state index contributed by atoms with van der Waals surface area (Å²) in [6, 6.07) is 12.3. The van der Waals surface area contributed by atoms with Crippen LogP contribution in [0.1, 0.15) is 11.1 Å². The van der Waals surface area contributed by atoms with Crippen molar-refractivity contribution in [3.05, 3.63) is 60.2 Å². The molecule has 6 nitrogen and oxygen atoms in total. The summed E-state index contributed by atoms with van der Waals surface area (Å²) in [4.78, 5) is 2.56. The smallest absolute Gasteiger partial charge is 0.0972 e. The normalized spacial score (nSPS) is 16.1. The van der Waals surface area contributed by atoms with Crippen molar-refractivity contribution in [1.82, 2.24) is 4.90 Å². The van der Waals surface area contributed by atoms with E-state index in [4.69, 9.17) is 11.5 Å². The summed E-state index contributed by atoms with van der Waals surface area (Å²) in [6.07, 6.45) is 2.08. The van der Waals surface area contributed by atoms with Crippen LogP contribution in [-0.2, 0) is 0 Å². The highest BCUT2D eigenvalue weighted by Gasteiger charge is 2.31. The predicted octanol–water partition coefficient (Wildman–Crippen LogP) is 3.31. The van der Waals surface area contributed by atoms with E-state index in [1.165, 1.54) is 0 Å². The molecule has 31 heavy (non-hydrogen) atoms. The zero-order valence-corrected chi connectivity index (χ0v) is 19.2. The second kappa shape index (κ2) is 10.6. The fourth-order valence-electron chi connectivity index (χ4n) is 4.29. The molecule has 2 aromatic carbocycles. The summed E-state index contributed by atoms with van der Waals surface area (Å²) in [7, 11) is 0. The molecule has 1 fully saturated rings. The fraction of sp³-hybridized carbons (Fsp3) is 0.440. The van der Waals surface area contributed by atoms with Gasteiger partial charge in [0.2, 0.25) is 0 Å². The number of quaternary nitrogens is 1. The van der Waals surface area contributed by atoms with Crippen LogP contribution in [0.25, 0.3) is 0 Å². The highest BCUT2D eigenvalue weighted by Crippen LogP contribution is 2.19. The van der Waals surface area contributed by atoms with E-state index >= 15 is 0 Å². The van der Waals surface area contributed by atoms with Crippen LogP contribution >= 0.6 is 0 Å². The summed E-state index contributed by atoms with van der Waals surface area (Å²) >= 11 is 0. The van der Waals surface area contributed by atoms with Gasteiger partial charge in [-0.1, -0.05) is 6.58 Å². The molecular formula is C25H39N6+. The van der Waals surface area contributed by atoms with Gasteiger partial charge in [0.05, 0.1) is 32.7 Å². The first-order valence-corrected chi connectivity index (χ1v) is 11.3. The Kier molecular flexibility index (Phi) is 7.82. The second-order valence-corrected chi connectivity index (χ2v) is 8.82. The quantitative estimate of drug-likeness (QED) is 0.268. The number of hydrogen-bond donors (Lipinski definition) is 4. The Bertz CT molecular complexity index is 870.